The highest BCUT2D eigenvalue weighted by molar-refractivity contribution is 7.99. The Morgan fingerprint density at radius 1 is 1.69 bits per heavy atom. The Labute approximate surface area is 84.9 Å². The third-order valence-electron chi connectivity index (χ3n) is 2.56. The molecule has 3 heteroatoms. The lowest BCUT2D eigenvalue weighted by Gasteiger charge is -2.22. The third kappa shape index (κ3) is 3.69. The van der Waals surface area contributed by atoms with Gasteiger partial charge in [0.2, 0.25) is 0 Å². The summed E-state index contributed by atoms with van der Waals surface area (Å²) in [6.45, 7) is 5.27. The molecule has 1 fully saturated rings. The molecule has 0 aliphatic carbocycles. The van der Waals surface area contributed by atoms with Gasteiger partial charge in [-0.1, -0.05) is 20.3 Å². The minimum atomic E-state index is 0.132. The molecule has 1 rings (SSSR count). The zero-order valence-electron chi connectivity index (χ0n) is 8.51. The Morgan fingerprint density at radius 2 is 2.46 bits per heavy atom. The lowest BCUT2D eigenvalue weighted by molar-refractivity contribution is -0.121. The molecular weight excluding hydrogens is 182 g/mol. The van der Waals surface area contributed by atoms with E-state index in [1.54, 1.807) is 0 Å². The molecule has 0 amide bonds. The van der Waals surface area contributed by atoms with Gasteiger partial charge in [-0.2, -0.15) is 11.8 Å². The fourth-order valence-corrected chi connectivity index (χ4v) is 2.37. The number of thioether (sulfide) groups is 1. The smallest absolute Gasteiger partial charge is 0.150 e. The summed E-state index contributed by atoms with van der Waals surface area (Å²) in [7, 11) is 0. The molecule has 0 aromatic carbocycles. The van der Waals surface area contributed by atoms with Gasteiger partial charge in [-0.25, -0.2) is 0 Å². The molecule has 1 N–H and O–H groups in total. The molecule has 0 spiro atoms. The SMILES string of the molecule is CCC(C)CC(=O)C1CSCCN1. The van der Waals surface area contributed by atoms with Crippen LogP contribution in [-0.2, 0) is 4.79 Å². The van der Waals surface area contributed by atoms with Gasteiger partial charge >= 0.3 is 0 Å². The standard InChI is InChI=1S/C10H19NOS/c1-3-8(2)6-10(12)9-7-13-5-4-11-9/h8-9,11H,3-7H2,1-2H3. The minimum absolute atomic E-state index is 0.132. The van der Waals surface area contributed by atoms with Gasteiger partial charge in [0.05, 0.1) is 6.04 Å². The third-order valence-corrected chi connectivity index (χ3v) is 3.62. The van der Waals surface area contributed by atoms with Crippen LogP contribution in [0.5, 0.6) is 0 Å². The maximum absolute atomic E-state index is 11.7. The molecule has 2 atom stereocenters. The Morgan fingerprint density at radius 3 is 3.00 bits per heavy atom. The van der Waals surface area contributed by atoms with Gasteiger partial charge in [0.1, 0.15) is 0 Å². The van der Waals surface area contributed by atoms with Gasteiger partial charge in [-0.15, -0.1) is 0 Å². The molecule has 2 unspecified atom stereocenters. The number of carbonyl (C=O) groups is 1. The zero-order chi connectivity index (χ0) is 9.68. The highest BCUT2D eigenvalue weighted by atomic mass is 32.2. The topological polar surface area (TPSA) is 29.1 Å². The van der Waals surface area contributed by atoms with Crippen LogP contribution in [0.15, 0.2) is 0 Å². The number of hydrogen-bond acceptors (Lipinski definition) is 3. The van der Waals surface area contributed by atoms with Crippen LogP contribution >= 0.6 is 11.8 Å². The van der Waals surface area contributed by atoms with E-state index < -0.39 is 0 Å². The van der Waals surface area contributed by atoms with Gasteiger partial charge < -0.3 is 5.32 Å². The molecule has 13 heavy (non-hydrogen) atoms. The van der Waals surface area contributed by atoms with E-state index in [2.05, 4.69) is 19.2 Å². The summed E-state index contributed by atoms with van der Waals surface area (Å²) in [5.74, 6) is 3.06. The molecule has 0 aromatic heterocycles. The van der Waals surface area contributed by atoms with E-state index in [1.165, 1.54) is 0 Å². The molecule has 0 saturated carbocycles. The first-order valence-corrected chi connectivity index (χ1v) is 6.23. The van der Waals surface area contributed by atoms with E-state index in [9.17, 15) is 4.79 Å². The number of nitrogens with one attached hydrogen (secondary N) is 1. The molecule has 1 heterocycles. The first kappa shape index (κ1) is 11.1. The quantitative estimate of drug-likeness (QED) is 0.750. The Bertz CT molecular complexity index is 166. The highest BCUT2D eigenvalue weighted by Gasteiger charge is 2.21. The van der Waals surface area contributed by atoms with Crippen molar-refractivity contribution in [2.75, 3.05) is 18.1 Å². The zero-order valence-corrected chi connectivity index (χ0v) is 9.32. The van der Waals surface area contributed by atoms with Gasteiger partial charge in [0.15, 0.2) is 5.78 Å². The van der Waals surface area contributed by atoms with Crippen molar-refractivity contribution in [3.63, 3.8) is 0 Å². The molecule has 1 saturated heterocycles. The van der Waals surface area contributed by atoms with Crippen LogP contribution in [0.3, 0.4) is 0 Å². The minimum Gasteiger partial charge on any atom is -0.306 e. The summed E-state index contributed by atoms with van der Waals surface area (Å²) in [4.78, 5) is 11.7. The summed E-state index contributed by atoms with van der Waals surface area (Å²) in [5, 5.41) is 3.28. The van der Waals surface area contributed by atoms with Crippen LogP contribution in [0.4, 0.5) is 0 Å². The van der Waals surface area contributed by atoms with Crippen LogP contribution < -0.4 is 5.32 Å². The molecule has 76 valence electrons. The Hall–Kier alpha value is -0.0200. The van der Waals surface area contributed by atoms with E-state index >= 15 is 0 Å². The van der Waals surface area contributed by atoms with Gasteiger partial charge in [0.25, 0.3) is 0 Å². The van der Waals surface area contributed by atoms with Crippen molar-refractivity contribution >= 4 is 17.5 Å². The normalized spacial score (nSPS) is 25.5. The van der Waals surface area contributed by atoms with E-state index in [0.717, 1.165) is 30.9 Å². The second-order valence-corrected chi connectivity index (χ2v) is 4.92. The number of Topliss-reactive ketones (excluding diaryl/α,β-unsaturated/α-hetero) is 1. The van der Waals surface area contributed by atoms with Crippen molar-refractivity contribution in [2.24, 2.45) is 5.92 Å². The van der Waals surface area contributed by atoms with E-state index in [0.29, 0.717) is 11.7 Å². The molecule has 2 nitrogen and oxygen atoms in total. The predicted octanol–water partition coefficient (Wildman–Crippen LogP) is 1.70. The van der Waals surface area contributed by atoms with Crippen LogP contribution in [-0.4, -0.2) is 29.9 Å². The monoisotopic (exact) mass is 201 g/mol. The average molecular weight is 201 g/mol. The molecule has 1 aliphatic heterocycles. The molecule has 1 aliphatic rings. The lowest BCUT2D eigenvalue weighted by atomic mass is 9.99. The fraction of sp³-hybridized carbons (Fsp3) is 0.900. The first-order valence-electron chi connectivity index (χ1n) is 5.08. The van der Waals surface area contributed by atoms with Crippen molar-refractivity contribution in [1.29, 1.82) is 0 Å². The predicted molar refractivity (Wildman–Crippen MR) is 58.2 cm³/mol. The van der Waals surface area contributed by atoms with Crippen molar-refractivity contribution in [1.82, 2.24) is 5.32 Å². The van der Waals surface area contributed by atoms with Gasteiger partial charge in [-0.3, -0.25) is 4.79 Å². The van der Waals surface area contributed by atoms with Crippen molar-refractivity contribution in [2.45, 2.75) is 32.7 Å². The van der Waals surface area contributed by atoms with E-state index in [1.807, 2.05) is 11.8 Å². The van der Waals surface area contributed by atoms with Gasteiger partial charge in [-0.05, 0) is 5.92 Å². The van der Waals surface area contributed by atoms with Crippen molar-refractivity contribution in [3.8, 4) is 0 Å². The largest absolute Gasteiger partial charge is 0.306 e. The van der Waals surface area contributed by atoms with Crippen molar-refractivity contribution < 1.29 is 4.79 Å². The summed E-state index contributed by atoms with van der Waals surface area (Å²) in [5.41, 5.74) is 0. The van der Waals surface area contributed by atoms with E-state index in [-0.39, 0.29) is 6.04 Å². The Kier molecular flexibility index (Phi) is 4.81. The average Bonchev–Trinajstić information content (AvgIpc) is 2.19. The highest BCUT2D eigenvalue weighted by Crippen LogP contribution is 2.13. The molecule has 0 radical (unpaired) electrons. The summed E-state index contributed by atoms with van der Waals surface area (Å²) in [6, 6.07) is 0.132. The number of hydrogen-bond donors (Lipinski definition) is 1. The fourth-order valence-electron chi connectivity index (χ4n) is 1.40. The van der Waals surface area contributed by atoms with Crippen LogP contribution in [0.2, 0.25) is 0 Å². The summed E-state index contributed by atoms with van der Waals surface area (Å²) in [6.07, 6.45) is 1.85. The molecular formula is C10H19NOS. The van der Waals surface area contributed by atoms with Gasteiger partial charge in [0, 0.05) is 24.5 Å². The van der Waals surface area contributed by atoms with E-state index in [4.69, 9.17) is 0 Å². The maximum atomic E-state index is 11.7. The number of carbonyl (C=O) groups excluding carboxylic acids is 1. The lowest BCUT2D eigenvalue weighted by Crippen LogP contribution is -2.43. The van der Waals surface area contributed by atoms with Crippen LogP contribution in [0.1, 0.15) is 26.7 Å². The second-order valence-electron chi connectivity index (χ2n) is 3.77. The molecule has 0 bridgehead atoms. The Balaban J connectivity index is 2.29. The summed E-state index contributed by atoms with van der Waals surface area (Å²) < 4.78 is 0. The van der Waals surface area contributed by atoms with Crippen LogP contribution in [0, 0.1) is 5.92 Å². The number of rotatable bonds is 4. The second kappa shape index (κ2) is 5.66. The first-order chi connectivity index (χ1) is 6.24. The van der Waals surface area contributed by atoms with Crippen molar-refractivity contribution in [3.05, 3.63) is 0 Å². The number of ketones is 1. The molecule has 0 aromatic rings. The summed E-state index contributed by atoms with van der Waals surface area (Å²) >= 11 is 1.88. The van der Waals surface area contributed by atoms with Crippen LogP contribution in [0.25, 0.3) is 0 Å². The maximum Gasteiger partial charge on any atom is 0.150 e.